The molecule has 2 aliphatic rings. The van der Waals surface area contributed by atoms with Crippen LogP contribution in [0.3, 0.4) is 0 Å². The van der Waals surface area contributed by atoms with Crippen molar-refractivity contribution in [3.05, 3.63) is 83.4 Å². The van der Waals surface area contributed by atoms with Crippen LogP contribution in [0.1, 0.15) is 29.9 Å². The molecule has 1 aliphatic carbocycles. The maximum absolute atomic E-state index is 15.0. The quantitative estimate of drug-likeness (QED) is 0.187. The summed E-state index contributed by atoms with van der Waals surface area (Å²) in [6, 6.07) is 9.20. The predicted molar refractivity (Wildman–Crippen MR) is 154 cm³/mol. The van der Waals surface area contributed by atoms with Crippen molar-refractivity contribution in [3.8, 4) is 16.9 Å². The number of amidine groups is 1. The second-order valence-electron chi connectivity index (χ2n) is 9.73. The molecule has 206 valence electrons. The van der Waals surface area contributed by atoms with Gasteiger partial charge >= 0.3 is 0 Å². The Hall–Kier alpha value is -4.24. The molecule has 8 nitrogen and oxygen atoms in total. The molecule has 1 saturated heterocycles. The second-order valence-corrected chi connectivity index (χ2v) is 10.1. The standard InChI is InChI=1S/C30H29ClFN5O3/c1-3-28(40)35-11-13-36(14-12-35)30(33-2)22-15-23(31)21(29-24(32)5-4-6-27(29)39)16-25(22)37(18-38)26-17-34-10-9-20(26)19-7-8-19/h3-6,9-10,15-19,39H,1,7-8,11-14H2,2H3/b33-30+. The summed E-state index contributed by atoms with van der Waals surface area (Å²) in [4.78, 5) is 39.0. The van der Waals surface area contributed by atoms with E-state index in [9.17, 15) is 19.1 Å². The molecule has 0 unspecified atom stereocenters. The Morgan fingerprint density at radius 1 is 1.18 bits per heavy atom. The van der Waals surface area contributed by atoms with Gasteiger partial charge in [-0.3, -0.25) is 24.5 Å². The van der Waals surface area contributed by atoms with Gasteiger partial charge in [0.05, 0.1) is 23.1 Å². The average molecular weight is 562 g/mol. The Morgan fingerprint density at radius 2 is 1.90 bits per heavy atom. The van der Waals surface area contributed by atoms with E-state index in [1.54, 1.807) is 36.5 Å². The Morgan fingerprint density at radius 3 is 2.52 bits per heavy atom. The monoisotopic (exact) mass is 561 g/mol. The summed E-state index contributed by atoms with van der Waals surface area (Å²) in [5, 5.41) is 10.7. The first kappa shape index (κ1) is 27.3. The molecule has 5 rings (SSSR count). The van der Waals surface area contributed by atoms with Crippen molar-refractivity contribution >= 4 is 41.1 Å². The van der Waals surface area contributed by atoms with E-state index >= 15 is 0 Å². The third-order valence-corrected chi connectivity index (χ3v) is 7.65. The summed E-state index contributed by atoms with van der Waals surface area (Å²) in [6.45, 7) is 5.52. The predicted octanol–water partition coefficient (Wildman–Crippen LogP) is 5.13. The number of aliphatic imine (C=N–C) groups is 1. The molecule has 2 heterocycles. The number of phenolic OH excluding ortho intramolecular Hbond substituents is 1. The molecule has 40 heavy (non-hydrogen) atoms. The molecule has 0 spiro atoms. The van der Waals surface area contributed by atoms with Crippen LogP contribution in [0, 0.1) is 5.82 Å². The van der Waals surface area contributed by atoms with Gasteiger partial charge in [-0.15, -0.1) is 0 Å². The number of carbonyl (C=O) groups is 2. The highest BCUT2D eigenvalue weighted by Gasteiger charge is 2.31. The summed E-state index contributed by atoms with van der Waals surface area (Å²) >= 11 is 6.75. The lowest BCUT2D eigenvalue weighted by Gasteiger charge is -2.37. The minimum Gasteiger partial charge on any atom is -0.507 e. The van der Waals surface area contributed by atoms with Crippen molar-refractivity contribution in [1.29, 1.82) is 0 Å². The van der Waals surface area contributed by atoms with Crippen molar-refractivity contribution in [2.24, 2.45) is 4.99 Å². The number of benzene rings is 2. The highest BCUT2D eigenvalue weighted by molar-refractivity contribution is 6.34. The average Bonchev–Trinajstić information content (AvgIpc) is 3.81. The lowest BCUT2D eigenvalue weighted by molar-refractivity contribution is -0.127. The Kier molecular flexibility index (Phi) is 7.84. The zero-order valence-corrected chi connectivity index (χ0v) is 22.8. The SMILES string of the molecule is C=CC(=O)N1CCN(/C(=N/C)c2cc(Cl)c(-c3c(O)cccc3F)cc2N(C=O)c2cnccc2C2CC2)CC1. The highest BCUT2D eigenvalue weighted by Crippen LogP contribution is 2.47. The first-order valence-electron chi connectivity index (χ1n) is 13.0. The molecule has 0 radical (unpaired) electrons. The number of halogens is 2. The van der Waals surface area contributed by atoms with Crippen molar-refractivity contribution in [3.63, 3.8) is 0 Å². The van der Waals surface area contributed by atoms with Crippen LogP contribution in [0.25, 0.3) is 11.1 Å². The summed E-state index contributed by atoms with van der Waals surface area (Å²) in [5.41, 5.74) is 2.74. The summed E-state index contributed by atoms with van der Waals surface area (Å²) in [6.07, 6.45) is 7.38. The van der Waals surface area contributed by atoms with Crippen molar-refractivity contribution in [2.75, 3.05) is 38.1 Å². The molecule has 2 aromatic carbocycles. The minimum absolute atomic E-state index is 0.0636. The molecule has 1 saturated carbocycles. The fourth-order valence-electron chi connectivity index (χ4n) is 5.19. The number of carbonyl (C=O) groups excluding carboxylic acids is 2. The van der Waals surface area contributed by atoms with Gasteiger partial charge in [0, 0.05) is 55.6 Å². The van der Waals surface area contributed by atoms with Gasteiger partial charge in [0.1, 0.15) is 17.4 Å². The number of hydrogen-bond donors (Lipinski definition) is 1. The number of aromatic hydroxyl groups is 1. The fourth-order valence-corrected chi connectivity index (χ4v) is 5.45. The van der Waals surface area contributed by atoms with Crippen molar-refractivity contribution < 1.29 is 19.1 Å². The number of piperazine rings is 1. The molecule has 1 aromatic heterocycles. The van der Waals surface area contributed by atoms with Crippen LogP contribution >= 0.6 is 11.6 Å². The Labute approximate surface area is 237 Å². The molecule has 10 heteroatoms. The van der Waals surface area contributed by atoms with Gasteiger partial charge in [-0.25, -0.2) is 4.39 Å². The number of pyridine rings is 1. The summed E-state index contributed by atoms with van der Waals surface area (Å²) in [7, 11) is 1.65. The van der Waals surface area contributed by atoms with Gasteiger partial charge in [0.2, 0.25) is 12.3 Å². The van der Waals surface area contributed by atoms with E-state index in [1.807, 2.05) is 11.0 Å². The van der Waals surface area contributed by atoms with E-state index in [1.165, 1.54) is 29.2 Å². The second kappa shape index (κ2) is 11.5. The van der Waals surface area contributed by atoms with Crippen LogP contribution in [-0.4, -0.2) is 71.3 Å². The first-order valence-corrected chi connectivity index (χ1v) is 13.4. The maximum Gasteiger partial charge on any atom is 0.246 e. The zero-order valence-electron chi connectivity index (χ0n) is 22.1. The summed E-state index contributed by atoms with van der Waals surface area (Å²) in [5.74, 6) is -0.170. The molecular weight excluding hydrogens is 533 g/mol. The molecular formula is C30H29ClFN5O3. The van der Waals surface area contributed by atoms with Crippen LogP contribution in [-0.2, 0) is 9.59 Å². The summed E-state index contributed by atoms with van der Waals surface area (Å²) < 4.78 is 15.0. The molecule has 3 aromatic rings. The third kappa shape index (κ3) is 5.16. The van der Waals surface area contributed by atoms with Gasteiger partial charge in [0.15, 0.2) is 0 Å². The first-order chi connectivity index (χ1) is 19.4. The smallest absolute Gasteiger partial charge is 0.246 e. The highest BCUT2D eigenvalue weighted by atomic mass is 35.5. The Bertz CT molecular complexity index is 1480. The Balaban J connectivity index is 1.66. The van der Waals surface area contributed by atoms with E-state index in [2.05, 4.69) is 16.6 Å². The lowest BCUT2D eigenvalue weighted by Crippen LogP contribution is -2.50. The third-order valence-electron chi connectivity index (χ3n) is 7.34. The van der Waals surface area contributed by atoms with Gasteiger partial charge in [0.25, 0.3) is 0 Å². The van der Waals surface area contributed by atoms with E-state index in [0.29, 0.717) is 61.3 Å². The van der Waals surface area contributed by atoms with Crippen molar-refractivity contribution in [2.45, 2.75) is 18.8 Å². The largest absolute Gasteiger partial charge is 0.507 e. The minimum atomic E-state index is -0.648. The number of rotatable bonds is 7. The molecule has 0 atom stereocenters. The van der Waals surface area contributed by atoms with Gasteiger partial charge in [-0.2, -0.15) is 0 Å². The number of phenols is 1. The van der Waals surface area contributed by atoms with Crippen LogP contribution in [0.15, 0.2) is 66.4 Å². The van der Waals surface area contributed by atoms with E-state index < -0.39 is 5.82 Å². The number of aromatic nitrogens is 1. The number of hydrogen-bond acceptors (Lipinski definition) is 5. The zero-order chi connectivity index (χ0) is 28.4. The van der Waals surface area contributed by atoms with Crippen LogP contribution in [0.5, 0.6) is 5.75 Å². The van der Waals surface area contributed by atoms with Crippen LogP contribution in [0.2, 0.25) is 5.02 Å². The van der Waals surface area contributed by atoms with Crippen LogP contribution in [0.4, 0.5) is 15.8 Å². The normalized spacial score (nSPS) is 15.6. The van der Waals surface area contributed by atoms with E-state index in [-0.39, 0.29) is 27.8 Å². The number of nitrogens with zero attached hydrogens (tertiary/aromatic N) is 5. The molecule has 2 amide bonds. The molecule has 1 N–H and O–H groups in total. The van der Waals surface area contributed by atoms with Gasteiger partial charge < -0.3 is 14.9 Å². The van der Waals surface area contributed by atoms with E-state index in [0.717, 1.165) is 18.4 Å². The van der Waals surface area contributed by atoms with Crippen LogP contribution < -0.4 is 4.90 Å². The van der Waals surface area contributed by atoms with E-state index in [4.69, 9.17) is 11.6 Å². The molecule has 0 bridgehead atoms. The molecule has 1 aliphatic heterocycles. The number of anilines is 2. The number of amides is 2. The topological polar surface area (TPSA) is 89.3 Å². The van der Waals surface area contributed by atoms with Gasteiger partial charge in [-0.1, -0.05) is 24.2 Å². The van der Waals surface area contributed by atoms with Crippen molar-refractivity contribution in [1.82, 2.24) is 14.8 Å². The molecule has 2 fully saturated rings. The maximum atomic E-state index is 15.0. The lowest BCUT2D eigenvalue weighted by atomic mass is 9.98. The fraction of sp³-hybridized carbons (Fsp3) is 0.267. The van der Waals surface area contributed by atoms with Gasteiger partial charge in [-0.05, 0) is 60.7 Å².